The van der Waals surface area contributed by atoms with Crippen LogP contribution in [0.3, 0.4) is 0 Å². The molecule has 0 aromatic carbocycles. The monoisotopic (exact) mass is 216 g/mol. The van der Waals surface area contributed by atoms with E-state index in [1.54, 1.807) is 7.11 Å². The molecule has 1 aromatic heterocycles. The number of ether oxygens (including phenoxy) is 1. The Morgan fingerprint density at radius 3 is 3.07 bits per heavy atom. The maximum absolute atomic E-state index is 10.5. The summed E-state index contributed by atoms with van der Waals surface area (Å²) in [5.74, 6) is -1.01. The topological polar surface area (TPSA) is 71.5 Å². The standard InChI is InChI=1S/C8H12N2O3S/c1-5(13-2)3-9-8-10-6(4-14-8)7(11)12/h4-5H,3H2,1-2H3,(H,9,10)(H,11,12). The van der Waals surface area contributed by atoms with E-state index in [9.17, 15) is 4.79 Å². The number of hydrogen-bond acceptors (Lipinski definition) is 5. The van der Waals surface area contributed by atoms with Gasteiger partial charge in [0.1, 0.15) is 0 Å². The normalized spacial score (nSPS) is 12.4. The molecule has 0 aliphatic rings. The van der Waals surface area contributed by atoms with Crippen molar-refractivity contribution in [2.45, 2.75) is 13.0 Å². The van der Waals surface area contributed by atoms with E-state index in [1.807, 2.05) is 6.92 Å². The number of thiazole rings is 1. The van der Waals surface area contributed by atoms with Crippen LogP contribution in [0.15, 0.2) is 5.38 Å². The third-order valence-electron chi connectivity index (χ3n) is 1.67. The number of carbonyl (C=O) groups is 1. The van der Waals surface area contributed by atoms with Crippen molar-refractivity contribution >= 4 is 22.4 Å². The highest BCUT2D eigenvalue weighted by Crippen LogP contribution is 2.15. The lowest BCUT2D eigenvalue weighted by molar-refractivity contribution is 0.0691. The van der Waals surface area contributed by atoms with Crippen LogP contribution in [0.2, 0.25) is 0 Å². The van der Waals surface area contributed by atoms with Crippen LogP contribution in [0.4, 0.5) is 5.13 Å². The molecule has 6 heteroatoms. The minimum atomic E-state index is -1.01. The van der Waals surface area contributed by atoms with Gasteiger partial charge in [-0.25, -0.2) is 9.78 Å². The lowest BCUT2D eigenvalue weighted by atomic mass is 10.4. The van der Waals surface area contributed by atoms with Crippen LogP contribution in [0.25, 0.3) is 0 Å². The molecule has 1 aromatic rings. The van der Waals surface area contributed by atoms with Crippen molar-refractivity contribution in [1.29, 1.82) is 0 Å². The van der Waals surface area contributed by atoms with Gasteiger partial charge >= 0.3 is 5.97 Å². The fourth-order valence-electron chi connectivity index (χ4n) is 0.768. The van der Waals surface area contributed by atoms with E-state index in [4.69, 9.17) is 9.84 Å². The second-order valence-corrected chi connectivity index (χ2v) is 3.63. The first kappa shape index (κ1) is 10.9. The summed E-state index contributed by atoms with van der Waals surface area (Å²) in [5, 5.41) is 13.7. The predicted octanol–water partition coefficient (Wildman–Crippen LogP) is 1.29. The Morgan fingerprint density at radius 2 is 2.57 bits per heavy atom. The van der Waals surface area contributed by atoms with Gasteiger partial charge in [0.2, 0.25) is 0 Å². The zero-order chi connectivity index (χ0) is 10.6. The number of methoxy groups -OCH3 is 1. The quantitative estimate of drug-likeness (QED) is 0.776. The van der Waals surface area contributed by atoms with Crippen LogP contribution in [0.1, 0.15) is 17.4 Å². The molecule has 0 amide bonds. The Kier molecular flexibility index (Phi) is 3.84. The largest absolute Gasteiger partial charge is 0.476 e. The van der Waals surface area contributed by atoms with Crippen LogP contribution in [0.5, 0.6) is 0 Å². The van der Waals surface area contributed by atoms with Gasteiger partial charge in [-0.05, 0) is 6.92 Å². The molecule has 0 aliphatic heterocycles. The molecule has 0 aliphatic carbocycles. The van der Waals surface area contributed by atoms with Gasteiger partial charge in [-0.15, -0.1) is 11.3 Å². The number of hydrogen-bond donors (Lipinski definition) is 2. The molecule has 1 atom stereocenters. The van der Waals surface area contributed by atoms with Crippen LogP contribution in [-0.2, 0) is 4.74 Å². The molecule has 0 bridgehead atoms. The Morgan fingerprint density at radius 1 is 1.86 bits per heavy atom. The molecular weight excluding hydrogens is 204 g/mol. The maximum Gasteiger partial charge on any atom is 0.355 e. The summed E-state index contributed by atoms with van der Waals surface area (Å²) in [5.41, 5.74) is 0.0718. The Bertz CT molecular complexity index is 313. The van der Waals surface area contributed by atoms with Crippen molar-refractivity contribution in [3.8, 4) is 0 Å². The predicted molar refractivity (Wildman–Crippen MR) is 54.0 cm³/mol. The zero-order valence-electron chi connectivity index (χ0n) is 7.98. The SMILES string of the molecule is COC(C)CNc1nc(C(=O)O)cs1. The smallest absolute Gasteiger partial charge is 0.355 e. The van der Waals surface area contributed by atoms with E-state index in [0.29, 0.717) is 11.7 Å². The molecule has 0 fully saturated rings. The number of carboxylic acids is 1. The summed E-state index contributed by atoms with van der Waals surface area (Å²) < 4.78 is 5.02. The Labute approximate surface area is 85.7 Å². The molecule has 1 rings (SSSR count). The van der Waals surface area contributed by atoms with Gasteiger partial charge in [0, 0.05) is 19.0 Å². The molecule has 78 valence electrons. The van der Waals surface area contributed by atoms with E-state index in [0.717, 1.165) is 0 Å². The third kappa shape index (κ3) is 2.97. The minimum absolute atomic E-state index is 0.0718. The van der Waals surface area contributed by atoms with Gasteiger partial charge in [0.05, 0.1) is 6.10 Å². The molecule has 0 saturated heterocycles. The second kappa shape index (κ2) is 4.92. The van der Waals surface area contributed by atoms with Crippen molar-refractivity contribution in [3.05, 3.63) is 11.1 Å². The highest BCUT2D eigenvalue weighted by atomic mass is 32.1. The summed E-state index contributed by atoms with van der Waals surface area (Å²) in [6, 6.07) is 0. The van der Waals surface area contributed by atoms with Gasteiger partial charge in [-0.2, -0.15) is 0 Å². The van der Waals surface area contributed by atoms with E-state index in [2.05, 4.69) is 10.3 Å². The minimum Gasteiger partial charge on any atom is -0.476 e. The molecule has 0 radical (unpaired) electrons. The molecule has 5 nitrogen and oxygen atoms in total. The van der Waals surface area contributed by atoms with Crippen molar-refractivity contribution in [2.24, 2.45) is 0 Å². The molecular formula is C8H12N2O3S. The fraction of sp³-hybridized carbons (Fsp3) is 0.500. The fourth-order valence-corrected chi connectivity index (χ4v) is 1.46. The molecule has 0 saturated carbocycles. The summed E-state index contributed by atoms with van der Waals surface area (Å²) in [6.07, 6.45) is 0.0761. The summed E-state index contributed by atoms with van der Waals surface area (Å²) in [4.78, 5) is 14.4. The number of nitrogens with one attached hydrogen (secondary N) is 1. The van der Waals surface area contributed by atoms with Crippen molar-refractivity contribution in [1.82, 2.24) is 4.98 Å². The highest BCUT2D eigenvalue weighted by Gasteiger charge is 2.08. The van der Waals surface area contributed by atoms with Gasteiger partial charge in [0.15, 0.2) is 10.8 Å². The highest BCUT2D eigenvalue weighted by molar-refractivity contribution is 7.13. The first-order chi connectivity index (χ1) is 6.63. The third-order valence-corrected chi connectivity index (χ3v) is 2.47. The van der Waals surface area contributed by atoms with Gasteiger partial charge in [0.25, 0.3) is 0 Å². The summed E-state index contributed by atoms with van der Waals surface area (Å²) >= 11 is 1.27. The Hall–Kier alpha value is -1.14. The molecule has 1 unspecified atom stereocenters. The maximum atomic E-state index is 10.5. The summed E-state index contributed by atoms with van der Waals surface area (Å²) in [7, 11) is 1.62. The van der Waals surface area contributed by atoms with Crippen LogP contribution in [0, 0.1) is 0 Å². The molecule has 2 N–H and O–H groups in total. The number of aromatic nitrogens is 1. The number of anilines is 1. The number of carboxylic acid groups (broad SMARTS) is 1. The Balaban J connectivity index is 2.48. The average Bonchev–Trinajstić information content (AvgIpc) is 2.62. The van der Waals surface area contributed by atoms with E-state index >= 15 is 0 Å². The van der Waals surface area contributed by atoms with Crippen LogP contribution in [-0.4, -0.2) is 35.8 Å². The van der Waals surface area contributed by atoms with E-state index in [1.165, 1.54) is 16.7 Å². The van der Waals surface area contributed by atoms with E-state index < -0.39 is 5.97 Å². The van der Waals surface area contributed by atoms with Gasteiger partial charge < -0.3 is 15.2 Å². The number of nitrogens with zero attached hydrogens (tertiary/aromatic N) is 1. The average molecular weight is 216 g/mol. The van der Waals surface area contributed by atoms with Crippen molar-refractivity contribution in [3.63, 3.8) is 0 Å². The molecule has 1 heterocycles. The lowest BCUT2D eigenvalue weighted by Crippen LogP contribution is -2.18. The van der Waals surface area contributed by atoms with Gasteiger partial charge in [-0.3, -0.25) is 0 Å². The first-order valence-corrected chi connectivity index (χ1v) is 4.97. The van der Waals surface area contributed by atoms with Crippen LogP contribution < -0.4 is 5.32 Å². The number of rotatable bonds is 5. The molecule has 0 spiro atoms. The first-order valence-electron chi connectivity index (χ1n) is 4.09. The van der Waals surface area contributed by atoms with E-state index in [-0.39, 0.29) is 11.8 Å². The van der Waals surface area contributed by atoms with Gasteiger partial charge in [-0.1, -0.05) is 0 Å². The molecule has 14 heavy (non-hydrogen) atoms. The zero-order valence-corrected chi connectivity index (χ0v) is 8.80. The van der Waals surface area contributed by atoms with Crippen LogP contribution >= 0.6 is 11.3 Å². The van der Waals surface area contributed by atoms with Crippen molar-refractivity contribution < 1.29 is 14.6 Å². The summed E-state index contributed by atoms with van der Waals surface area (Å²) in [6.45, 7) is 2.53. The van der Waals surface area contributed by atoms with Crippen molar-refractivity contribution in [2.75, 3.05) is 19.0 Å². The second-order valence-electron chi connectivity index (χ2n) is 2.77. The lowest BCUT2D eigenvalue weighted by Gasteiger charge is -2.08. The number of aromatic carboxylic acids is 1.